The van der Waals surface area contributed by atoms with Gasteiger partial charge in [-0.3, -0.25) is 4.68 Å². The fourth-order valence-corrected chi connectivity index (χ4v) is 2.84. The minimum Gasteiger partial charge on any atom is -0.465 e. The van der Waals surface area contributed by atoms with Gasteiger partial charge in [-0.2, -0.15) is 5.10 Å². The molecule has 0 spiro atoms. The number of hydrogen-bond donors (Lipinski definition) is 0. The SMILES string of the molecule is COC(=O)C1=C(C(=O)OC)N(c2ccc3c(C)n(C)nc3c2)C=CC=C1. The van der Waals surface area contributed by atoms with E-state index in [1.807, 2.05) is 32.2 Å². The summed E-state index contributed by atoms with van der Waals surface area (Å²) in [5.74, 6) is -1.26. The Kier molecular flexibility index (Phi) is 4.62. The van der Waals surface area contributed by atoms with E-state index in [2.05, 4.69) is 5.10 Å². The van der Waals surface area contributed by atoms with E-state index in [0.29, 0.717) is 5.69 Å². The first-order chi connectivity index (χ1) is 12.5. The summed E-state index contributed by atoms with van der Waals surface area (Å²) in [6, 6.07) is 5.66. The molecule has 1 aromatic carbocycles. The van der Waals surface area contributed by atoms with Crippen molar-refractivity contribution in [2.24, 2.45) is 7.05 Å². The van der Waals surface area contributed by atoms with Gasteiger partial charge in [-0.05, 0) is 37.3 Å². The molecule has 0 saturated carbocycles. The lowest BCUT2D eigenvalue weighted by atomic mass is 10.1. The molecule has 7 heteroatoms. The Morgan fingerprint density at radius 1 is 1.08 bits per heavy atom. The Bertz CT molecular complexity index is 982. The number of aromatic nitrogens is 2. The number of carbonyl (C=O) groups is 2. The molecule has 0 unspecified atom stereocenters. The molecular weight excluding hydrogens is 334 g/mol. The standard InChI is InChI=1S/C19H19N3O4/c1-12-14-9-8-13(11-16(14)20-21(12)2)22-10-6-5-7-15(18(23)25-3)17(22)19(24)26-4/h5-11H,1-4H3. The molecule has 2 aromatic rings. The fourth-order valence-electron chi connectivity index (χ4n) is 2.84. The third-order valence-corrected chi connectivity index (χ3v) is 4.28. The van der Waals surface area contributed by atoms with Gasteiger partial charge in [0.05, 0.1) is 25.3 Å². The molecule has 0 aliphatic carbocycles. The average molecular weight is 353 g/mol. The van der Waals surface area contributed by atoms with Crippen molar-refractivity contribution in [3.63, 3.8) is 0 Å². The van der Waals surface area contributed by atoms with Crippen LogP contribution < -0.4 is 4.90 Å². The van der Waals surface area contributed by atoms with Gasteiger partial charge >= 0.3 is 11.9 Å². The molecule has 1 aliphatic heterocycles. The topological polar surface area (TPSA) is 73.7 Å². The highest BCUT2D eigenvalue weighted by atomic mass is 16.5. The summed E-state index contributed by atoms with van der Waals surface area (Å²) < 4.78 is 11.5. The maximum Gasteiger partial charge on any atom is 0.355 e. The van der Waals surface area contributed by atoms with Crippen LogP contribution in [0.5, 0.6) is 0 Å². The number of fused-ring (bicyclic) bond motifs is 1. The number of esters is 2. The molecule has 134 valence electrons. The second-order valence-corrected chi connectivity index (χ2v) is 5.73. The van der Waals surface area contributed by atoms with Crippen LogP contribution in [-0.2, 0) is 26.1 Å². The van der Waals surface area contributed by atoms with Crippen LogP contribution in [0.3, 0.4) is 0 Å². The van der Waals surface area contributed by atoms with Crippen molar-refractivity contribution in [3.05, 3.63) is 59.6 Å². The monoisotopic (exact) mass is 353 g/mol. The van der Waals surface area contributed by atoms with E-state index >= 15 is 0 Å². The fraction of sp³-hybridized carbons (Fsp3) is 0.211. The highest BCUT2D eigenvalue weighted by Crippen LogP contribution is 2.29. The van der Waals surface area contributed by atoms with E-state index in [0.717, 1.165) is 16.6 Å². The maximum absolute atomic E-state index is 12.4. The first-order valence-corrected chi connectivity index (χ1v) is 7.96. The molecule has 1 aromatic heterocycles. The minimum atomic E-state index is -0.640. The quantitative estimate of drug-likeness (QED) is 0.789. The van der Waals surface area contributed by atoms with Crippen molar-refractivity contribution in [2.75, 3.05) is 19.1 Å². The first kappa shape index (κ1) is 17.5. The molecule has 26 heavy (non-hydrogen) atoms. The van der Waals surface area contributed by atoms with Gasteiger partial charge in [0.15, 0.2) is 0 Å². The van der Waals surface area contributed by atoms with Gasteiger partial charge in [-0.25, -0.2) is 9.59 Å². The number of nitrogens with zero attached hydrogens (tertiary/aromatic N) is 3. The van der Waals surface area contributed by atoms with E-state index in [1.165, 1.54) is 20.3 Å². The third kappa shape index (κ3) is 2.88. The molecule has 0 bridgehead atoms. The summed E-state index contributed by atoms with van der Waals surface area (Å²) >= 11 is 0. The van der Waals surface area contributed by atoms with E-state index in [1.54, 1.807) is 27.9 Å². The largest absolute Gasteiger partial charge is 0.465 e. The summed E-state index contributed by atoms with van der Waals surface area (Å²) in [5.41, 5.74) is 2.70. The number of carbonyl (C=O) groups excluding carboxylic acids is 2. The molecule has 1 aliphatic rings. The summed E-state index contributed by atoms with van der Waals surface area (Å²) in [7, 11) is 4.41. The van der Waals surface area contributed by atoms with Crippen LogP contribution in [-0.4, -0.2) is 35.9 Å². The van der Waals surface area contributed by atoms with Gasteiger partial charge in [-0.15, -0.1) is 0 Å². The smallest absolute Gasteiger partial charge is 0.355 e. The van der Waals surface area contributed by atoms with Crippen LogP contribution in [0.4, 0.5) is 5.69 Å². The summed E-state index contributed by atoms with van der Waals surface area (Å²) in [4.78, 5) is 26.2. The third-order valence-electron chi connectivity index (χ3n) is 4.28. The maximum atomic E-state index is 12.4. The number of rotatable bonds is 3. The van der Waals surface area contributed by atoms with Crippen molar-refractivity contribution in [2.45, 2.75) is 6.92 Å². The Morgan fingerprint density at radius 2 is 1.81 bits per heavy atom. The van der Waals surface area contributed by atoms with Crippen molar-refractivity contribution in [1.29, 1.82) is 0 Å². The molecule has 3 rings (SSSR count). The number of benzene rings is 1. The Hall–Kier alpha value is -3.35. The predicted molar refractivity (Wildman–Crippen MR) is 97.3 cm³/mol. The first-order valence-electron chi connectivity index (χ1n) is 7.96. The number of aryl methyl sites for hydroxylation is 2. The Labute approximate surface area is 150 Å². The van der Waals surface area contributed by atoms with E-state index in [4.69, 9.17) is 9.47 Å². The van der Waals surface area contributed by atoms with Crippen LogP contribution in [0, 0.1) is 6.92 Å². The molecule has 0 radical (unpaired) electrons. The lowest BCUT2D eigenvalue weighted by Gasteiger charge is -2.23. The van der Waals surface area contributed by atoms with Crippen molar-refractivity contribution in [1.82, 2.24) is 9.78 Å². The van der Waals surface area contributed by atoms with Crippen LogP contribution >= 0.6 is 0 Å². The molecule has 0 N–H and O–H groups in total. The zero-order valence-corrected chi connectivity index (χ0v) is 15.0. The second-order valence-electron chi connectivity index (χ2n) is 5.73. The molecule has 7 nitrogen and oxygen atoms in total. The van der Waals surface area contributed by atoms with Crippen LogP contribution in [0.1, 0.15) is 5.69 Å². The van der Waals surface area contributed by atoms with Gasteiger partial charge in [-0.1, -0.05) is 6.08 Å². The second kappa shape index (κ2) is 6.87. The lowest BCUT2D eigenvalue weighted by Crippen LogP contribution is -2.26. The number of anilines is 1. The molecule has 0 fully saturated rings. The van der Waals surface area contributed by atoms with Crippen LogP contribution in [0.15, 0.2) is 53.9 Å². The van der Waals surface area contributed by atoms with Gasteiger partial charge in [0.2, 0.25) is 0 Å². The van der Waals surface area contributed by atoms with Crippen LogP contribution in [0.2, 0.25) is 0 Å². The molecular formula is C19H19N3O4. The number of hydrogen-bond acceptors (Lipinski definition) is 6. The van der Waals surface area contributed by atoms with Gasteiger partial charge < -0.3 is 14.4 Å². The van der Waals surface area contributed by atoms with Crippen LogP contribution in [0.25, 0.3) is 10.9 Å². The Balaban J connectivity index is 2.20. The summed E-state index contributed by atoms with van der Waals surface area (Å²) in [5, 5.41) is 5.50. The van der Waals surface area contributed by atoms with E-state index in [9.17, 15) is 9.59 Å². The zero-order valence-electron chi connectivity index (χ0n) is 15.0. The molecule has 0 amide bonds. The van der Waals surface area contributed by atoms with Crippen molar-refractivity contribution >= 4 is 28.5 Å². The molecule has 2 heterocycles. The van der Waals surface area contributed by atoms with Crippen molar-refractivity contribution < 1.29 is 19.1 Å². The molecule has 0 saturated heterocycles. The van der Waals surface area contributed by atoms with Gasteiger partial charge in [0.1, 0.15) is 5.70 Å². The van der Waals surface area contributed by atoms with Crippen molar-refractivity contribution in [3.8, 4) is 0 Å². The number of ether oxygens (including phenoxy) is 2. The number of methoxy groups -OCH3 is 2. The normalized spacial score (nSPS) is 13.9. The lowest BCUT2D eigenvalue weighted by molar-refractivity contribution is -0.139. The predicted octanol–water partition coefficient (Wildman–Crippen LogP) is 2.37. The zero-order chi connectivity index (χ0) is 18.8. The molecule has 0 atom stereocenters. The number of allylic oxidation sites excluding steroid dienone is 2. The Morgan fingerprint density at radius 3 is 2.50 bits per heavy atom. The summed E-state index contributed by atoms with van der Waals surface area (Å²) in [6.07, 6.45) is 6.61. The average Bonchev–Trinajstić information content (AvgIpc) is 2.82. The summed E-state index contributed by atoms with van der Waals surface area (Å²) in [6.45, 7) is 1.99. The van der Waals surface area contributed by atoms with E-state index in [-0.39, 0.29) is 11.3 Å². The highest BCUT2D eigenvalue weighted by molar-refractivity contribution is 6.05. The van der Waals surface area contributed by atoms with Gasteiger partial charge in [0, 0.05) is 30.0 Å². The van der Waals surface area contributed by atoms with E-state index < -0.39 is 11.9 Å². The highest BCUT2D eigenvalue weighted by Gasteiger charge is 2.27. The minimum absolute atomic E-state index is 0.0800. The van der Waals surface area contributed by atoms with Gasteiger partial charge in [0.25, 0.3) is 0 Å².